The standard InChI is InChI=1S/C10H22N2O2/c1-3-12(8-5-4-7-11)9-6-10(13)14-2/h3-9,11H2,1-2H3. The predicted molar refractivity (Wildman–Crippen MR) is 57.0 cm³/mol. The van der Waals surface area contributed by atoms with Gasteiger partial charge in [-0.3, -0.25) is 4.79 Å². The van der Waals surface area contributed by atoms with E-state index >= 15 is 0 Å². The largest absolute Gasteiger partial charge is 0.469 e. The van der Waals surface area contributed by atoms with Crippen molar-refractivity contribution in [2.24, 2.45) is 5.73 Å². The molecule has 0 unspecified atom stereocenters. The fraction of sp³-hybridized carbons (Fsp3) is 0.900. The maximum atomic E-state index is 10.9. The van der Waals surface area contributed by atoms with Gasteiger partial charge in [0.25, 0.3) is 0 Å². The minimum Gasteiger partial charge on any atom is -0.469 e. The Labute approximate surface area is 86.4 Å². The van der Waals surface area contributed by atoms with Crippen LogP contribution >= 0.6 is 0 Å². The molecule has 0 aliphatic rings. The van der Waals surface area contributed by atoms with Crippen LogP contribution in [0, 0.1) is 0 Å². The monoisotopic (exact) mass is 202 g/mol. The average molecular weight is 202 g/mol. The molecule has 0 saturated heterocycles. The first-order chi connectivity index (χ1) is 6.74. The number of carbonyl (C=O) groups excluding carboxylic acids is 1. The summed E-state index contributed by atoms with van der Waals surface area (Å²) < 4.78 is 4.59. The van der Waals surface area contributed by atoms with Crippen molar-refractivity contribution < 1.29 is 9.53 Å². The first-order valence-corrected chi connectivity index (χ1v) is 5.23. The number of ether oxygens (including phenoxy) is 1. The SMILES string of the molecule is CCN(CCCCN)CCC(=O)OC. The van der Waals surface area contributed by atoms with E-state index in [4.69, 9.17) is 5.73 Å². The molecule has 4 nitrogen and oxygen atoms in total. The van der Waals surface area contributed by atoms with Gasteiger partial charge in [-0.25, -0.2) is 0 Å². The zero-order valence-corrected chi connectivity index (χ0v) is 9.29. The van der Waals surface area contributed by atoms with Crippen molar-refractivity contribution in [3.63, 3.8) is 0 Å². The summed E-state index contributed by atoms with van der Waals surface area (Å²) in [5, 5.41) is 0. The lowest BCUT2D eigenvalue weighted by Gasteiger charge is -2.19. The lowest BCUT2D eigenvalue weighted by molar-refractivity contribution is -0.140. The number of rotatable bonds is 8. The molecule has 14 heavy (non-hydrogen) atoms. The van der Waals surface area contributed by atoms with Crippen LogP contribution in [0.5, 0.6) is 0 Å². The Morgan fingerprint density at radius 3 is 2.57 bits per heavy atom. The number of nitrogens with two attached hydrogens (primary N) is 1. The van der Waals surface area contributed by atoms with Crippen LogP contribution < -0.4 is 5.73 Å². The molecule has 0 spiro atoms. The van der Waals surface area contributed by atoms with Crippen molar-refractivity contribution in [1.29, 1.82) is 0 Å². The van der Waals surface area contributed by atoms with Crippen molar-refractivity contribution in [3.8, 4) is 0 Å². The van der Waals surface area contributed by atoms with Gasteiger partial charge in [-0.2, -0.15) is 0 Å². The molecule has 0 heterocycles. The van der Waals surface area contributed by atoms with Crippen molar-refractivity contribution >= 4 is 5.97 Å². The second-order valence-electron chi connectivity index (χ2n) is 3.26. The van der Waals surface area contributed by atoms with Crippen molar-refractivity contribution in [2.75, 3.05) is 33.3 Å². The topological polar surface area (TPSA) is 55.6 Å². The van der Waals surface area contributed by atoms with E-state index in [0.29, 0.717) is 6.42 Å². The molecule has 4 heteroatoms. The van der Waals surface area contributed by atoms with E-state index in [0.717, 1.165) is 39.0 Å². The molecule has 0 aromatic rings. The Balaban J connectivity index is 3.52. The first-order valence-electron chi connectivity index (χ1n) is 5.23. The lowest BCUT2D eigenvalue weighted by atomic mass is 10.3. The zero-order chi connectivity index (χ0) is 10.8. The molecule has 0 atom stereocenters. The summed E-state index contributed by atoms with van der Waals surface area (Å²) >= 11 is 0. The summed E-state index contributed by atoms with van der Waals surface area (Å²) in [5.41, 5.74) is 5.41. The van der Waals surface area contributed by atoms with Gasteiger partial charge in [-0.05, 0) is 32.5 Å². The highest BCUT2D eigenvalue weighted by atomic mass is 16.5. The van der Waals surface area contributed by atoms with Crippen molar-refractivity contribution in [1.82, 2.24) is 4.90 Å². The van der Waals surface area contributed by atoms with E-state index < -0.39 is 0 Å². The van der Waals surface area contributed by atoms with Crippen molar-refractivity contribution in [3.05, 3.63) is 0 Å². The van der Waals surface area contributed by atoms with Crippen LogP contribution in [-0.2, 0) is 9.53 Å². The number of unbranched alkanes of at least 4 members (excludes halogenated alkanes) is 1. The summed E-state index contributed by atoms with van der Waals surface area (Å²) in [6.45, 7) is 5.62. The second kappa shape index (κ2) is 8.97. The minimum absolute atomic E-state index is 0.137. The van der Waals surface area contributed by atoms with E-state index in [-0.39, 0.29) is 5.97 Å². The van der Waals surface area contributed by atoms with Gasteiger partial charge in [0.05, 0.1) is 13.5 Å². The van der Waals surface area contributed by atoms with Gasteiger partial charge in [-0.15, -0.1) is 0 Å². The van der Waals surface area contributed by atoms with E-state index in [1.54, 1.807) is 0 Å². The Hall–Kier alpha value is -0.610. The van der Waals surface area contributed by atoms with Crippen molar-refractivity contribution in [2.45, 2.75) is 26.2 Å². The van der Waals surface area contributed by atoms with E-state index in [1.165, 1.54) is 7.11 Å². The van der Waals surface area contributed by atoms with Crippen LogP contribution in [0.2, 0.25) is 0 Å². The molecular formula is C10H22N2O2. The Kier molecular flexibility index (Phi) is 8.57. The summed E-state index contributed by atoms with van der Waals surface area (Å²) in [7, 11) is 1.42. The fourth-order valence-electron chi connectivity index (χ4n) is 1.26. The van der Waals surface area contributed by atoms with Crippen LogP contribution in [0.1, 0.15) is 26.2 Å². The number of esters is 1. The molecule has 0 aromatic heterocycles. The maximum Gasteiger partial charge on any atom is 0.306 e. The normalized spacial score (nSPS) is 10.6. The summed E-state index contributed by atoms with van der Waals surface area (Å²) in [4.78, 5) is 13.1. The average Bonchev–Trinajstić information content (AvgIpc) is 2.22. The maximum absolute atomic E-state index is 10.9. The molecule has 0 aliphatic carbocycles. The number of hydrogen-bond donors (Lipinski definition) is 1. The van der Waals surface area contributed by atoms with E-state index in [1.807, 2.05) is 0 Å². The minimum atomic E-state index is -0.137. The quantitative estimate of drug-likeness (QED) is 0.463. The smallest absolute Gasteiger partial charge is 0.306 e. The van der Waals surface area contributed by atoms with E-state index in [9.17, 15) is 4.79 Å². The van der Waals surface area contributed by atoms with Gasteiger partial charge in [0.1, 0.15) is 0 Å². The Morgan fingerprint density at radius 1 is 1.36 bits per heavy atom. The lowest BCUT2D eigenvalue weighted by Crippen LogP contribution is -2.27. The molecule has 0 rings (SSSR count). The number of methoxy groups -OCH3 is 1. The third-order valence-corrected chi connectivity index (χ3v) is 2.24. The van der Waals surface area contributed by atoms with Crippen LogP contribution in [0.25, 0.3) is 0 Å². The van der Waals surface area contributed by atoms with Gasteiger partial charge in [-0.1, -0.05) is 6.92 Å². The van der Waals surface area contributed by atoms with Crippen LogP contribution in [0.3, 0.4) is 0 Å². The zero-order valence-electron chi connectivity index (χ0n) is 9.29. The summed E-state index contributed by atoms with van der Waals surface area (Å²) in [6, 6.07) is 0. The molecule has 0 amide bonds. The molecule has 0 saturated carbocycles. The van der Waals surface area contributed by atoms with Gasteiger partial charge in [0, 0.05) is 6.54 Å². The molecule has 0 fully saturated rings. The highest BCUT2D eigenvalue weighted by Crippen LogP contribution is 1.97. The summed E-state index contributed by atoms with van der Waals surface area (Å²) in [6.07, 6.45) is 2.63. The summed E-state index contributed by atoms with van der Waals surface area (Å²) in [5.74, 6) is -0.137. The molecule has 0 bridgehead atoms. The highest BCUT2D eigenvalue weighted by molar-refractivity contribution is 5.69. The first kappa shape index (κ1) is 13.4. The second-order valence-corrected chi connectivity index (χ2v) is 3.26. The number of nitrogens with zero attached hydrogens (tertiary/aromatic N) is 1. The van der Waals surface area contributed by atoms with Gasteiger partial charge < -0.3 is 15.4 Å². The number of hydrogen-bond acceptors (Lipinski definition) is 4. The van der Waals surface area contributed by atoms with Gasteiger partial charge in [0.15, 0.2) is 0 Å². The number of carbonyl (C=O) groups is 1. The highest BCUT2D eigenvalue weighted by Gasteiger charge is 2.05. The van der Waals surface area contributed by atoms with Gasteiger partial charge in [0.2, 0.25) is 0 Å². The predicted octanol–water partition coefficient (Wildman–Crippen LogP) is 0.610. The Bertz CT molecular complexity index is 151. The van der Waals surface area contributed by atoms with Crippen LogP contribution in [0.4, 0.5) is 0 Å². The molecule has 2 N–H and O–H groups in total. The Morgan fingerprint density at radius 2 is 2.07 bits per heavy atom. The molecule has 0 radical (unpaired) electrons. The third-order valence-electron chi connectivity index (χ3n) is 2.24. The fourth-order valence-corrected chi connectivity index (χ4v) is 1.26. The third kappa shape index (κ3) is 6.86. The van der Waals surface area contributed by atoms with Crippen LogP contribution in [-0.4, -0.2) is 44.2 Å². The van der Waals surface area contributed by atoms with E-state index in [2.05, 4.69) is 16.6 Å². The van der Waals surface area contributed by atoms with Crippen LogP contribution in [0.15, 0.2) is 0 Å². The molecule has 84 valence electrons. The molecular weight excluding hydrogens is 180 g/mol. The van der Waals surface area contributed by atoms with Gasteiger partial charge >= 0.3 is 5.97 Å². The molecule has 0 aliphatic heterocycles. The molecule has 0 aromatic carbocycles.